The van der Waals surface area contributed by atoms with Gasteiger partial charge in [-0.1, -0.05) is 24.3 Å². The quantitative estimate of drug-likeness (QED) is 0.575. The molecule has 2 aliphatic rings. The van der Waals surface area contributed by atoms with Crippen LogP contribution in [0.5, 0.6) is 0 Å². The highest BCUT2D eigenvalue weighted by molar-refractivity contribution is 7.99. The SMILES string of the molecule is Cc1cc(CN2CCSCC2)ccc1NC(=O)/C=C/c1ccc(S(=O)(=O)NC2CC2)cc1. The van der Waals surface area contributed by atoms with E-state index in [4.69, 9.17) is 0 Å². The van der Waals surface area contributed by atoms with Gasteiger partial charge in [0.2, 0.25) is 15.9 Å². The number of carbonyl (C=O) groups excluding carboxylic acids is 1. The number of amides is 1. The second kappa shape index (κ2) is 10.2. The van der Waals surface area contributed by atoms with E-state index in [1.54, 1.807) is 30.3 Å². The molecule has 1 saturated carbocycles. The highest BCUT2D eigenvalue weighted by atomic mass is 32.2. The third-order valence-electron chi connectivity index (χ3n) is 5.58. The molecular weight excluding hydrogens is 442 g/mol. The molecular formula is C24H29N3O3S2. The van der Waals surface area contributed by atoms with Gasteiger partial charge in [0.25, 0.3) is 0 Å². The monoisotopic (exact) mass is 471 g/mol. The standard InChI is InChI=1S/C24H29N3O3S2/c1-18-16-20(17-27-12-14-31-15-13-27)4-10-23(18)25-24(28)11-5-19-2-8-22(9-3-19)32(29,30)26-21-6-7-21/h2-5,8-11,16,21,26H,6-7,12-15,17H2,1H3,(H,25,28)/b11-5+. The van der Waals surface area contributed by atoms with Crippen LogP contribution >= 0.6 is 11.8 Å². The van der Waals surface area contributed by atoms with Crippen molar-refractivity contribution in [1.29, 1.82) is 0 Å². The van der Waals surface area contributed by atoms with Gasteiger partial charge in [-0.15, -0.1) is 0 Å². The van der Waals surface area contributed by atoms with E-state index in [1.807, 2.05) is 24.8 Å². The van der Waals surface area contributed by atoms with E-state index < -0.39 is 10.0 Å². The lowest BCUT2D eigenvalue weighted by atomic mass is 10.1. The summed E-state index contributed by atoms with van der Waals surface area (Å²) in [5.74, 6) is 2.16. The smallest absolute Gasteiger partial charge is 0.248 e. The lowest BCUT2D eigenvalue weighted by Crippen LogP contribution is -2.31. The molecule has 2 N–H and O–H groups in total. The van der Waals surface area contributed by atoms with Gasteiger partial charge in [0.15, 0.2) is 0 Å². The van der Waals surface area contributed by atoms with Crippen LogP contribution in [0.3, 0.4) is 0 Å². The van der Waals surface area contributed by atoms with Crippen LogP contribution in [0.25, 0.3) is 6.08 Å². The number of aryl methyl sites for hydroxylation is 1. The van der Waals surface area contributed by atoms with E-state index in [0.717, 1.165) is 49.3 Å². The molecule has 1 aliphatic heterocycles. The number of carbonyl (C=O) groups is 1. The predicted octanol–water partition coefficient (Wildman–Crippen LogP) is 3.64. The molecule has 1 saturated heterocycles. The molecule has 0 radical (unpaired) electrons. The lowest BCUT2D eigenvalue weighted by Gasteiger charge is -2.26. The Morgan fingerprint density at radius 3 is 2.50 bits per heavy atom. The Labute approximate surface area is 194 Å². The van der Waals surface area contributed by atoms with Gasteiger partial charge in [-0.3, -0.25) is 9.69 Å². The number of nitrogens with one attached hydrogen (secondary N) is 2. The van der Waals surface area contributed by atoms with E-state index in [2.05, 4.69) is 27.1 Å². The number of sulfonamides is 1. The summed E-state index contributed by atoms with van der Waals surface area (Å²) in [6, 6.07) is 12.8. The molecule has 170 valence electrons. The van der Waals surface area contributed by atoms with Crippen molar-refractivity contribution in [2.45, 2.75) is 37.2 Å². The van der Waals surface area contributed by atoms with Gasteiger partial charge in [0.05, 0.1) is 4.90 Å². The summed E-state index contributed by atoms with van der Waals surface area (Å²) in [7, 11) is -3.46. The summed E-state index contributed by atoms with van der Waals surface area (Å²) < 4.78 is 27.1. The highest BCUT2D eigenvalue weighted by Crippen LogP contribution is 2.23. The van der Waals surface area contributed by atoms with Gasteiger partial charge < -0.3 is 5.32 Å². The molecule has 1 amide bonds. The number of nitrogens with zero attached hydrogens (tertiary/aromatic N) is 1. The molecule has 2 aromatic rings. The molecule has 2 aromatic carbocycles. The first-order valence-electron chi connectivity index (χ1n) is 10.9. The van der Waals surface area contributed by atoms with Crippen molar-refractivity contribution in [1.82, 2.24) is 9.62 Å². The Morgan fingerprint density at radius 2 is 1.84 bits per heavy atom. The van der Waals surface area contributed by atoms with Gasteiger partial charge in [-0.05, 0) is 60.7 Å². The van der Waals surface area contributed by atoms with E-state index in [1.165, 1.54) is 23.1 Å². The summed E-state index contributed by atoms with van der Waals surface area (Å²) in [4.78, 5) is 15.1. The van der Waals surface area contributed by atoms with E-state index in [0.29, 0.717) is 0 Å². The zero-order valence-electron chi connectivity index (χ0n) is 18.2. The van der Waals surface area contributed by atoms with Crippen molar-refractivity contribution in [3.05, 3.63) is 65.2 Å². The fourth-order valence-corrected chi connectivity index (χ4v) is 5.86. The van der Waals surface area contributed by atoms with Gasteiger partial charge in [0, 0.05) is 48.9 Å². The van der Waals surface area contributed by atoms with Crippen LogP contribution < -0.4 is 10.0 Å². The van der Waals surface area contributed by atoms with Crippen LogP contribution in [0.2, 0.25) is 0 Å². The number of hydrogen-bond donors (Lipinski definition) is 2. The molecule has 32 heavy (non-hydrogen) atoms. The van der Waals surface area contributed by atoms with Crippen molar-refractivity contribution in [3.8, 4) is 0 Å². The molecule has 1 heterocycles. The largest absolute Gasteiger partial charge is 0.322 e. The van der Waals surface area contributed by atoms with Crippen LogP contribution in [0, 0.1) is 6.92 Å². The number of rotatable bonds is 8. The molecule has 0 bridgehead atoms. The molecule has 8 heteroatoms. The third kappa shape index (κ3) is 6.45. The van der Waals surface area contributed by atoms with Gasteiger partial charge >= 0.3 is 0 Å². The normalized spacial score (nSPS) is 17.5. The predicted molar refractivity (Wildman–Crippen MR) is 131 cm³/mol. The van der Waals surface area contributed by atoms with E-state index in [9.17, 15) is 13.2 Å². The Hall–Kier alpha value is -2.13. The summed E-state index contributed by atoms with van der Waals surface area (Å²) in [6.45, 7) is 5.19. The highest BCUT2D eigenvalue weighted by Gasteiger charge is 2.27. The Kier molecular flexibility index (Phi) is 7.35. The maximum Gasteiger partial charge on any atom is 0.248 e. The van der Waals surface area contributed by atoms with Gasteiger partial charge in [0.1, 0.15) is 0 Å². The van der Waals surface area contributed by atoms with Crippen molar-refractivity contribution in [2.75, 3.05) is 29.9 Å². The Balaban J connectivity index is 1.32. The Morgan fingerprint density at radius 1 is 1.12 bits per heavy atom. The average Bonchev–Trinajstić information content (AvgIpc) is 3.58. The molecule has 2 fully saturated rings. The third-order valence-corrected chi connectivity index (χ3v) is 8.05. The van der Waals surface area contributed by atoms with Crippen LogP contribution in [0.15, 0.2) is 53.4 Å². The summed E-state index contributed by atoms with van der Waals surface area (Å²) >= 11 is 2.01. The number of anilines is 1. The van der Waals surface area contributed by atoms with Crippen molar-refractivity contribution >= 4 is 39.5 Å². The molecule has 0 atom stereocenters. The molecule has 0 aromatic heterocycles. The maximum atomic E-state index is 12.4. The first kappa shape index (κ1) is 23.0. The van der Waals surface area contributed by atoms with E-state index in [-0.39, 0.29) is 16.8 Å². The second-order valence-corrected chi connectivity index (χ2v) is 11.3. The molecule has 6 nitrogen and oxygen atoms in total. The van der Waals surface area contributed by atoms with E-state index >= 15 is 0 Å². The minimum absolute atomic E-state index is 0.0738. The average molecular weight is 472 g/mol. The van der Waals surface area contributed by atoms with Crippen LogP contribution in [0.1, 0.15) is 29.5 Å². The lowest BCUT2D eigenvalue weighted by molar-refractivity contribution is -0.111. The van der Waals surface area contributed by atoms with Crippen LogP contribution in [-0.2, 0) is 21.4 Å². The maximum absolute atomic E-state index is 12.4. The van der Waals surface area contributed by atoms with Gasteiger partial charge in [-0.2, -0.15) is 11.8 Å². The summed E-state index contributed by atoms with van der Waals surface area (Å²) in [5, 5.41) is 2.93. The summed E-state index contributed by atoms with van der Waals surface area (Å²) in [6.07, 6.45) is 4.94. The zero-order valence-corrected chi connectivity index (χ0v) is 19.8. The minimum Gasteiger partial charge on any atom is -0.322 e. The molecule has 0 unspecified atom stereocenters. The number of hydrogen-bond acceptors (Lipinski definition) is 5. The minimum atomic E-state index is -3.46. The van der Waals surface area contributed by atoms with Crippen molar-refractivity contribution in [3.63, 3.8) is 0 Å². The fourth-order valence-electron chi connectivity index (χ4n) is 3.57. The number of benzene rings is 2. The first-order chi connectivity index (χ1) is 15.4. The van der Waals surface area contributed by atoms with Crippen molar-refractivity contribution in [2.24, 2.45) is 0 Å². The second-order valence-electron chi connectivity index (χ2n) is 8.32. The van der Waals surface area contributed by atoms with Crippen molar-refractivity contribution < 1.29 is 13.2 Å². The first-order valence-corrected chi connectivity index (χ1v) is 13.5. The molecule has 0 spiro atoms. The Bertz CT molecular complexity index is 1090. The van der Waals surface area contributed by atoms with Crippen LogP contribution in [-0.4, -0.2) is 49.9 Å². The zero-order chi connectivity index (χ0) is 22.6. The molecule has 4 rings (SSSR count). The fraction of sp³-hybridized carbons (Fsp3) is 0.375. The molecule has 1 aliphatic carbocycles. The number of thioether (sulfide) groups is 1. The topological polar surface area (TPSA) is 78.5 Å². The van der Waals surface area contributed by atoms with Gasteiger partial charge in [-0.25, -0.2) is 13.1 Å². The van der Waals surface area contributed by atoms with Crippen LogP contribution in [0.4, 0.5) is 5.69 Å². The summed E-state index contributed by atoms with van der Waals surface area (Å²) in [5.41, 5.74) is 3.85.